The van der Waals surface area contributed by atoms with Gasteiger partial charge < -0.3 is 9.64 Å². The third-order valence-electron chi connectivity index (χ3n) is 4.94. The number of rotatable bonds is 0. The number of ether oxygens (including phenoxy) is 1. The number of hydrogen-bond acceptors (Lipinski definition) is 3. The SMILES string of the molecule is CN1c2ccccc2CC2=C(Cl)C3=Nc4ccccc4OC3=C(F)C21. The number of likely N-dealkylation sites (N-methyl/N-ethyl adjacent to an activating group) is 1. The Morgan fingerprint density at radius 2 is 1.92 bits per heavy atom. The highest BCUT2D eigenvalue weighted by Crippen LogP contribution is 2.46. The molecule has 5 rings (SSSR count). The molecule has 0 spiro atoms. The number of para-hydroxylation sites is 3. The van der Waals surface area contributed by atoms with Crippen LogP contribution in [0.1, 0.15) is 5.56 Å². The van der Waals surface area contributed by atoms with Gasteiger partial charge in [0.25, 0.3) is 0 Å². The number of hydrogen-bond donors (Lipinski definition) is 0. The van der Waals surface area contributed by atoms with Gasteiger partial charge in [0.15, 0.2) is 17.3 Å². The van der Waals surface area contributed by atoms with E-state index in [1.54, 1.807) is 6.07 Å². The van der Waals surface area contributed by atoms with Gasteiger partial charge in [-0.1, -0.05) is 41.9 Å². The van der Waals surface area contributed by atoms with Gasteiger partial charge >= 0.3 is 0 Å². The number of fused-ring (bicyclic) bond motifs is 4. The van der Waals surface area contributed by atoms with Crippen molar-refractivity contribution in [3.63, 3.8) is 0 Å². The largest absolute Gasteiger partial charge is 0.450 e. The number of nitrogens with zero attached hydrogens (tertiary/aromatic N) is 2. The molecule has 2 heterocycles. The molecule has 2 aromatic rings. The zero-order valence-electron chi connectivity index (χ0n) is 13.5. The molecule has 3 nitrogen and oxygen atoms in total. The van der Waals surface area contributed by atoms with E-state index in [-0.39, 0.29) is 11.6 Å². The predicted octanol–water partition coefficient (Wildman–Crippen LogP) is 4.90. The second-order valence-electron chi connectivity index (χ2n) is 6.37. The van der Waals surface area contributed by atoms with E-state index in [2.05, 4.69) is 4.99 Å². The third-order valence-corrected chi connectivity index (χ3v) is 5.36. The van der Waals surface area contributed by atoms with Crippen molar-refractivity contribution < 1.29 is 9.13 Å². The maximum absolute atomic E-state index is 15.4. The van der Waals surface area contributed by atoms with Crippen LogP contribution >= 0.6 is 11.6 Å². The molecule has 2 aliphatic heterocycles. The minimum atomic E-state index is -0.554. The van der Waals surface area contributed by atoms with Crippen molar-refractivity contribution in [1.82, 2.24) is 0 Å². The molecule has 0 saturated heterocycles. The molecule has 1 aliphatic carbocycles. The fourth-order valence-electron chi connectivity index (χ4n) is 3.75. The first-order valence-corrected chi connectivity index (χ1v) is 8.48. The van der Waals surface area contributed by atoms with Crippen LogP contribution in [0.4, 0.5) is 15.8 Å². The van der Waals surface area contributed by atoms with E-state index >= 15 is 4.39 Å². The molecule has 5 heteroatoms. The summed E-state index contributed by atoms with van der Waals surface area (Å²) in [6, 6.07) is 14.8. The van der Waals surface area contributed by atoms with E-state index in [4.69, 9.17) is 16.3 Å². The standard InChI is InChI=1S/C20H14ClFN2O/c1-24-14-8-4-2-6-11(14)10-12-16(21)18-20(17(22)19(12)24)25-15-9-5-3-7-13(15)23-18/h2-9,19H,10H2,1H3. The fourth-order valence-corrected chi connectivity index (χ4v) is 4.05. The van der Waals surface area contributed by atoms with Crippen LogP contribution in [-0.4, -0.2) is 18.8 Å². The lowest BCUT2D eigenvalue weighted by Gasteiger charge is -2.40. The van der Waals surface area contributed by atoms with Crippen molar-refractivity contribution >= 4 is 28.7 Å². The minimum Gasteiger partial charge on any atom is -0.450 e. The second-order valence-corrected chi connectivity index (χ2v) is 6.74. The fraction of sp³-hybridized carbons (Fsp3) is 0.150. The highest BCUT2D eigenvalue weighted by molar-refractivity contribution is 6.47. The van der Waals surface area contributed by atoms with E-state index in [1.807, 2.05) is 54.4 Å². The van der Waals surface area contributed by atoms with Gasteiger partial charge in [0, 0.05) is 12.7 Å². The number of aliphatic imine (C=N–C) groups is 1. The van der Waals surface area contributed by atoms with Crippen molar-refractivity contribution in [3.05, 3.63) is 76.3 Å². The Kier molecular flexibility index (Phi) is 3.06. The van der Waals surface area contributed by atoms with Crippen molar-refractivity contribution in [2.75, 3.05) is 11.9 Å². The van der Waals surface area contributed by atoms with E-state index in [9.17, 15) is 0 Å². The lowest BCUT2D eigenvalue weighted by Crippen LogP contribution is -2.43. The summed E-state index contributed by atoms with van der Waals surface area (Å²) in [4.78, 5) is 6.47. The van der Waals surface area contributed by atoms with Gasteiger partial charge in [-0.3, -0.25) is 0 Å². The highest BCUT2D eigenvalue weighted by atomic mass is 35.5. The molecule has 3 aliphatic rings. The summed E-state index contributed by atoms with van der Waals surface area (Å²) >= 11 is 6.67. The van der Waals surface area contributed by atoms with Crippen molar-refractivity contribution in [3.8, 4) is 5.75 Å². The van der Waals surface area contributed by atoms with Gasteiger partial charge in [-0.05, 0) is 35.8 Å². The number of anilines is 1. The quantitative estimate of drug-likeness (QED) is 0.673. The van der Waals surface area contributed by atoms with Gasteiger partial charge in [-0.15, -0.1) is 0 Å². The van der Waals surface area contributed by atoms with Gasteiger partial charge in [0.05, 0.1) is 5.03 Å². The Hall–Kier alpha value is -2.59. The molecule has 1 atom stereocenters. The minimum absolute atomic E-state index is 0.128. The van der Waals surface area contributed by atoms with Crippen LogP contribution in [0.5, 0.6) is 5.75 Å². The zero-order valence-corrected chi connectivity index (χ0v) is 14.2. The summed E-state index contributed by atoms with van der Waals surface area (Å²) in [5, 5.41) is 0.484. The average molecular weight is 353 g/mol. The van der Waals surface area contributed by atoms with Crippen LogP contribution in [0.2, 0.25) is 0 Å². The number of allylic oxidation sites excluding steroid dienone is 1. The maximum Gasteiger partial charge on any atom is 0.188 e. The van der Waals surface area contributed by atoms with Gasteiger partial charge in [-0.2, -0.15) is 0 Å². The molecule has 0 N–H and O–H groups in total. The van der Waals surface area contributed by atoms with Gasteiger partial charge in [-0.25, -0.2) is 9.38 Å². The molecule has 25 heavy (non-hydrogen) atoms. The van der Waals surface area contributed by atoms with Crippen LogP contribution in [0, 0.1) is 0 Å². The van der Waals surface area contributed by atoms with E-state index in [1.165, 1.54) is 0 Å². The molecule has 0 aromatic heterocycles. The third kappa shape index (κ3) is 2.01. The van der Waals surface area contributed by atoms with Crippen molar-refractivity contribution in [2.45, 2.75) is 12.5 Å². The topological polar surface area (TPSA) is 24.8 Å². The molecule has 0 fully saturated rings. The second kappa shape index (κ2) is 5.20. The smallest absolute Gasteiger partial charge is 0.188 e. The number of halogens is 2. The van der Waals surface area contributed by atoms with Crippen molar-refractivity contribution in [2.24, 2.45) is 4.99 Å². The molecule has 0 radical (unpaired) electrons. The van der Waals surface area contributed by atoms with Crippen LogP contribution in [0.15, 0.2) is 75.7 Å². The van der Waals surface area contributed by atoms with Gasteiger partial charge in [0.1, 0.15) is 17.4 Å². The lowest BCUT2D eigenvalue weighted by atomic mass is 9.85. The summed E-state index contributed by atoms with van der Waals surface area (Å²) in [6.07, 6.45) is 0.603. The molecule has 2 aromatic carbocycles. The summed E-state index contributed by atoms with van der Waals surface area (Å²) in [7, 11) is 1.88. The van der Waals surface area contributed by atoms with Crippen LogP contribution in [0.25, 0.3) is 0 Å². The first-order chi connectivity index (χ1) is 12.1. The Balaban J connectivity index is 1.73. The van der Waals surface area contributed by atoms with E-state index in [0.717, 1.165) is 16.8 Å². The molecule has 0 saturated carbocycles. The van der Waals surface area contributed by atoms with Crippen molar-refractivity contribution in [1.29, 1.82) is 0 Å². The first-order valence-electron chi connectivity index (χ1n) is 8.10. The summed E-state index contributed by atoms with van der Waals surface area (Å²) in [5.41, 5.74) is 4.01. The molecule has 1 unspecified atom stereocenters. The van der Waals surface area contributed by atoms with E-state index < -0.39 is 6.04 Å². The van der Waals surface area contributed by atoms with Crippen LogP contribution in [0.3, 0.4) is 0 Å². The molecule has 0 bridgehead atoms. The van der Waals surface area contributed by atoms with E-state index in [0.29, 0.717) is 28.6 Å². The summed E-state index contributed by atoms with van der Waals surface area (Å²) in [6.45, 7) is 0. The summed E-state index contributed by atoms with van der Waals surface area (Å²) in [5.74, 6) is 0.330. The van der Waals surface area contributed by atoms with Gasteiger partial charge in [0.2, 0.25) is 0 Å². The number of benzene rings is 2. The van der Waals surface area contributed by atoms with Crippen LogP contribution in [-0.2, 0) is 6.42 Å². The monoisotopic (exact) mass is 352 g/mol. The zero-order chi connectivity index (χ0) is 17.1. The highest BCUT2D eigenvalue weighted by Gasteiger charge is 2.42. The Morgan fingerprint density at radius 1 is 1.16 bits per heavy atom. The molecular weight excluding hydrogens is 339 g/mol. The molecule has 124 valence electrons. The average Bonchev–Trinajstić information content (AvgIpc) is 2.65. The Labute approximate surface area is 149 Å². The Bertz CT molecular complexity index is 1010. The molecular formula is C20H14ClFN2O. The van der Waals surface area contributed by atoms with Crippen LogP contribution < -0.4 is 9.64 Å². The normalized spacial score (nSPS) is 21.0. The molecule has 0 amide bonds. The maximum atomic E-state index is 15.4. The lowest BCUT2D eigenvalue weighted by molar-refractivity contribution is 0.400. The Morgan fingerprint density at radius 3 is 2.80 bits per heavy atom. The first kappa shape index (κ1) is 14.7. The summed E-state index contributed by atoms with van der Waals surface area (Å²) < 4.78 is 21.2. The predicted molar refractivity (Wildman–Crippen MR) is 97.5 cm³/mol.